The maximum Gasteiger partial charge on any atom is 0.128 e. The highest BCUT2D eigenvalue weighted by Gasteiger charge is 2.36. The van der Waals surface area contributed by atoms with Crippen molar-refractivity contribution in [1.82, 2.24) is 5.32 Å². The van der Waals surface area contributed by atoms with E-state index in [0.29, 0.717) is 5.02 Å². The molecule has 100 valence electrons. The Balaban J connectivity index is 2.45. The Hall–Kier alpha value is -0.600. The van der Waals surface area contributed by atoms with Crippen LogP contribution in [0.1, 0.15) is 44.1 Å². The number of likely N-dealkylation sites (N-methyl/N-ethyl adjacent to an activating group) is 1. The van der Waals surface area contributed by atoms with E-state index < -0.39 is 0 Å². The molecule has 1 aromatic rings. The Morgan fingerprint density at radius 2 is 1.89 bits per heavy atom. The lowest BCUT2D eigenvalue weighted by atomic mass is 9.74. The highest BCUT2D eigenvalue weighted by Crippen LogP contribution is 2.42. The zero-order valence-electron chi connectivity index (χ0n) is 10.9. The van der Waals surface area contributed by atoms with Crippen LogP contribution in [0.5, 0.6) is 0 Å². The fourth-order valence-electron chi connectivity index (χ4n) is 3.26. The highest BCUT2D eigenvalue weighted by molar-refractivity contribution is 6.31. The van der Waals surface area contributed by atoms with Crippen molar-refractivity contribution in [2.24, 2.45) is 0 Å². The van der Waals surface area contributed by atoms with Crippen molar-refractivity contribution >= 4 is 11.6 Å². The second kappa shape index (κ2) is 6.03. The van der Waals surface area contributed by atoms with E-state index in [9.17, 15) is 4.39 Å². The Kier molecular flexibility index (Phi) is 4.63. The molecule has 0 unspecified atom stereocenters. The first kappa shape index (κ1) is 13.8. The number of halogens is 2. The molecule has 18 heavy (non-hydrogen) atoms. The van der Waals surface area contributed by atoms with E-state index in [0.717, 1.165) is 37.8 Å². The van der Waals surface area contributed by atoms with Crippen LogP contribution in [0.2, 0.25) is 5.02 Å². The molecule has 1 N–H and O–H groups in total. The largest absolute Gasteiger partial charge is 0.319 e. The normalized spacial score (nSPS) is 19.5. The smallest absolute Gasteiger partial charge is 0.128 e. The molecule has 0 heterocycles. The minimum Gasteiger partial charge on any atom is -0.319 e. The minimum atomic E-state index is -0.153. The second-order valence-corrected chi connectivity index (χ2v) is 5.73. The fraction of sp³-hybridized carbons (Fsp3) is 0.600. The Labute approximate surface area is 114 Å². The van der Waals surface area contributed by atoms with Crippen molar-refractivity contribution in [1.29, 1.82) is 0 Å². The standard InChI is InChI=1S/C15H21ClFN/c1-18-11-15(9-4-2-3-5-10-15)14-12(16)7-6-8-13(14)17/h6-8,18H,2-5,9-11H2,1H3. The molecule has 0 aliphatic heterocycles. The lowest BCUT2D eigenvalue weighted by Gasteiger charge is -2.34. The maximum atomic E-state index is 14.2. The molecule has 0 atom stereocenters. The Morgan fingerprint density at radius 1 is 1.22 bits per heavy atom. The van der Waals surface area contributed by atoms with E-state index in [4.69, 9.17) is 11.6 Å². The van der Waals surface area contributed by atoms with Crippen molar-refractivity contribution in [3.63, 3.8) is 0 Å². The summed E-state index contributed by atoms with van der Waals surface area (Å²) in [5.74, 6) is -0.153. The summed E-state index contributed by atoms with van der Waals surface area (Å²) in [7, 11) is 1.93. The third kappa shape index (κ3) is 2.70. The van der Waals surface area contributed by atoms with Crippen LogP contribution in [-0.2, 0) is 5.41 Å². The zero-order valence-corrected chi connectivity index (χ0v) is 11.7. The molecular weight excluding hydrogens is 249 g/mol. The van der Waals surface area contributed by atoms with Crippen LogP contribution >= 0.6 is 11.6 Å². The molecule has 0 radical (unpaired) electrons. The molecule has 1 aromatic carbocycles. The number of benzene rings is 1. The number of hydrogen-bond acceptors (Lipinski definition) is 1. The Morgan fingerprint density at radius 3 is 2.44 bits per heavy atom. The van der Waals surface area contributed by atoms with Gasteiger partial charge >= 0.3 is 0 Å². The second-order valence-electron chi connectivity index (χ2n) is 5.32. The van der Waals surface area contributed by atoms with Gasteiger partial charge in [0, 0.05) is 22.5 Å². The molecular formula is C15H21ClFN. The average Bonchev–Trinajstić information content (AvgIpc) is 2.56. The van der Waals surface area contributed by atoms with Crippen LogP contribution in [0, 0.1) is 5.82 Å². The molecule has 1 aliphatic rings. The van der Waals surface area contributed by atoms with Crippen LogP contribution in [-0.4, -0.2) is 13.6 Å². The van der Waals surface area contributed by atoms with Crippen LogP contribution in [0.15, 0.2) is 18.2 Å². The van der Waals surface area contributed by atoms with Gasteiger partial charge in [-0.05, 0) is 32.0 Å². The molecule has 0 spiro atoms. The van der Waals surface area contributed by atoms with E-state index >= 15 is 0 Å². The van der Waals surface area contributed by atoms with Gasteiger partial charge in [0.05, 0.1) is 0 Å². The molecule has 3 heteroatoms. The summed E-state index contributed by atoms with van der Waals surface area (Å²) in [5, 5.41) is 3.81. The molecule has 1 nitrogen and oxygen atoms in total. The summed E-state index contributed by atoms with van der Waals surface area (Å²) >= 11 is 6.27. The summed E-state index contributed by atoms with van der Waals surface area (Å²) in [4.78, 5) is 0. The van der Waals surface area contributed by atoms with Crippen LogP contribution in [0.4, 0.5) is 4.39 Å². The number of nitrogens with one attached hydrogen (secondary N) is 1. The predicted octanol–water partition coefficient (Wildman–Crippen LogP) is 4.29. The zero-order chi connectivity index (χ0) is 13.0. The van der Waals surface area contributed by atoms with Crippen molar-refractivity contribution < 1.29 is 4.39 Å². The monoisotopic (exact) mass is 269 g/mol. The van der Waals surface area contributed by atoms with Gasteiger partial charge in [-0.2, -0.15) is 0 Å². The van der Waals surface area contributed by atoms with E-state index in [1.54, 1.807) is 6.07 Å². The van der Waals surface area contributed by atoms with E-state index in [-0.39, 0.29) is 11.2 Å². The molecule has 1 aliphatic carbocycles. The van der Waals surface area contributed by atoms with Gasteiger partial charge in [0.2, 0.25) is 0 Å². The van der Waals surface area contributed by atoms with E-state index in [2.05, 4.69) is 5.32 Å². The Bertz CT molecular complexity index is 377. The van der Waals surface area contributed by atoms with Gasteiger partial charge in [0.15, 0.2) is 0 Å². The molecule has 0 bridgehead atoms. The van der Waals surface area contributed by atoms with Crippen molar-refractivity contribution in [3.8, 4) is 0 Å². The third-order valence-electron chi connectivity index (χ3n) is 4.07. The van der Waals surface area contributed by atoms with Crippen molar-refractivity contribution in [2.75, 3.05) is 13.6 Å². The van der Waals surface area contributed by atoms with Crippen LogP contribution in [0.3, 0.4) is 0 Å². The van der Waals surface area contributed by atoms with E-state index in [1.807, 2.05) is 13.1 Å². The third-order valence-corrected chi connectivity index (χ3v) is 4.38. The molecule has 0 saturated heterocycles. The van der Waals surface area contributed by atoms with Gasteiger partial charge < -0.3 is 5.32 Å². The maximum absolute atomic E-state index is 14.2. The van der Waals surface area contributed by atoms with Gasteiger partial charge in [0.25, 0.3) is 0 Å². The van der Waals surface area contributed by atoms with Gasteiger partial charge in [0.1, 0.15) is 5.82 Å². The SMILES string of the molecule is CNCC1(c2c(F)cccc2Cl)CCCCCC1. The van der Waals surface area contributed by atoms with Crippen molar-refractivity contribution in [2.45, 2.75) is 43.9 Å². The molecule has 0 amide bonds. The van der Waals surface area contributed by atoms with Gasteiger partial charge in [-0.15, -0.1) is 0 Å². The number of hydrogen-bond donors (Lipinski definition) is 1. The summed E-state index contributed by atoms with van der Waals surface area (Å²) in [6.07, 6.45) is 6.86. The van der Waals surface area contributed by atoms with Gasteiger partial charge in [-0.1, -0.05) is 43.4 Å². The number of rotatable bonds is 3. The summed E-state index contributed by atoms with van der Waals surface area (Å²) in [6, 6.07) is 5.02. The van der Waals surface area contributed by atoms with Gasteiger partial charge in [-0.3, -0.25) is 0 Å². The van der Waals surface area contributed by atoms with Crippen molar-refractivity contribution in [3.05, 3.63) is 34.6 Å². The topological polar surface area (TPSA) is 12.0 Å². The average molecular weight is 270 g/mol. The summed E-state index contributed by atoms with van der Waals surface area (Å²) in [5.41, 5.74) is 0.594. The first-order chi connectivity index (χ1) is 8.69. The molecule has 1 saturated carbocycles. The van der Waals surface area contributed by atoms with Gasteiger partial charge in [-0.25, -0.2) is 4.39 Å². The summed E-state index contributed by atoms with van der Waals surface area (Å²) < 4.78 is 14.2. The quantitative estimate of drug-likeness (QED) is 0.807. The molecule has 2 rings (SSSR count). The van der Waals surface area contributed by atoms with Crippen LogP contribution in [0.25, 0.3) is 0 Å². The first-order valence-electron chi connectivity index (χ1n) is 6.79. The first-order valence-corrected chi connectivity index (χ1v) is 7.16. The van der Waals surface area contributed by atoms with Crippen LogP contribution < -0.4 is 5.32 Å². The highest BCUT2D eigenvalue weighted by atomic mass is 35.5. The summed E-state index contributed by atoms with van der Waals surface area (Å²) in [6.45, 7) is 0.799. The van der Waals surface area contributed by atoms with E-state index in [1.165, 1.54) is 18.9 Å². The molecule has 1 fully saturated rings. The predicted molar refractivity (Wildman–Crippen MR) is 74.7 cm³/mol. The minimum absolute atomic E-state index is 0.131. The molecule has 0 aromatic heterocycles. The fourth-order valence-corrected chi connectivity index (χ4v) is 3.63. The lowest BCUT2D eigenvalue weighted by Crippen LogP contribution is -2.37. The lowest BCUT2D eigenvalue weighted by molar-refractivity contribution is 0.344.